The topological polar surface area (TPSA) is 239 Å². The van der Waals surface area contributed by atoms with E-state index in [1.165, 1.54) is 19.0 Å². The standard InChI is InChI=1S/C39H59N6O12P/c1-25-19-28(4)35(29(5)20-25)30-21-27(3)32(22-26(30)2)57-58(54,55)56-18-8-9-31(37(48)49)44-14-10-42(23-33(46)40-6)12-16-45(36(38(50)51)39(52)53)17-13-43(11-15-44)24-34(47)41-7/h19-22,31,36H,8-18,23-24H2,1-7H3,(H,40,46)(H,41,47)(H,48,49)(H,50,51)(H,52,53)(H,54,55)/t31-/m1/s1. The predicted molar refractivity (Wildman–Crippen MR) is 216 cm³/mol. The van der Waals surface area contributed by atoms with Gasteiger partial charge in [0.1, 0.15) is 11.8 Å². The Morgan fingerprint density at radius 2 is 1.17 bits per heavy atom. The van der Waals surface area contributed by atoms with E-state index in [1.807, 2.05) is 33.8 Å². The van der Waals surface area contributed by atoms with Crippen molar-refractivity contribution in [3.8, 4) is 16.9 Å². The third-order valence-corrected chi connectivity index (χ3v) is 11.2. The minimum Gasteiger partial charge on any atom is -0.480 e. The summed E-state index contributed by atoms with van der Waals surface area (Å²) in [5, 5.41) is 34.9. The second kappa shape index (κ2) is 22.1. The van der Waals surface area contributed by atoms with Gasteiger partial charge in [-0.25, -0.2) is 14.2 Å². The Kier molecular flexibility index (Phi) is 18.3. The first-order valence-electron chi connectivity index (χ1n) is 19.2. The van der Waals surface area contributed by atoms with E-state index in [0.29, 0.717) is 5.56 Å². The molecule has 1 aliphatic heterocycles. The van der Waals surface area contributed by atoms with Crippen LogP contribution in [0.3, 0.4) is 0 Å². The molecule has 0 radical (unpaired) electrons. The first kappa shape index (κ1) is 48.0. The third-order valence-electron chi connectivity index (χ3n) is 10.2. The van der Waals surface area contributed by atoms with E-state index >= 15 is 0 Å². The number of phosphoric acid groups is 1. The Morgan fingerprint density at radius 3 is 1.62 bits per heavy atom. The first-order valence-corrected chi connectivity index (χ1v) is 20.6. The van der Waals surface area contributed by atoms with Gasteiger partial charge in [-0.2, -0.15) is 0 Å². The van der Waals surface area contributed by atoms with E-state index in [2.05, 4.69) is 22.8 Å². The summed E-state index contributed by atoms with van der Waals surface area (Å²) in [6.45, 7) is 9.90. The number of carboxylic acid groups (broad SMARTS) is 3. The van der Waals surface area contributed by atoms with Crippen molar-refractivity contribution in [3.63, 3.8) is 0 Å². The summed E-state index contributed by atoms with van der Waals surface area (Å²) in [6, 6.07) is 4.85. The summed E-state index contributed by atoms with van der Waals surface area (Å²) in [7, 11) is -1.72. The summed E-state index contributed by atoms with van der Waals surface area (Å²) in [6.07, 6.45) is 0.0733. The molecule has 18 nitrogen and oxygen atoms in total. The van der Waals surface area contributed by atoms with Gasteiger partial charge in [-0.1, -0.05) is 17.7 Å². The lowest BCUT2D eigenvalue weighted by Crippen LogP contribution is -2.55. The van der Waals surface area contributed by atoms with Crippen LogP contribution in [-0.4, -0.2) is 168 Å². The van der Waals surface area contributed by atoms with E-state index in [4.69, 9.17) is 9.05 Å². The van der Waals surface area contributed by atoms with Crippen LogP contribution in [0.2, 0.25) is 0 Å². The lowest BCUT2D eigenvalue weighted by atomic mass is 9.90. The van der Waals surface area contributed by atoms with Crippen molar-refractivity contribution in [2.75, 3.05) is 86.1 Å². The molecule has 322 valence electrons. The SMILES string of the molecule is CNC(=O)CN1CCN(C(C(=O)O)C(=O)O)CCN(CC(=O)NC)CCN([C@H](CCCOP(=O)(O)Oc2cc(C)c(-c3c(C)cc(C)cc3C)cc2C)C(=O)O)CC1. The van der Waals surface area contributed by atoms with E-state index in [9.17, 15) is 48.8 Å². The number of hydrogen-bond donors (Lipinski definition) is 6. The molecule has 1 heterocycles. The van der Waals surface area contributed by atoms with Gasteiger partial charge >= 0.3 is 25.7 Å². The number of aliphatic carboxylic acids is 3. The van der Waals surface area contributed by atoms with Gasteiger partial charge in [0.05, 0.1) is 19.7 Å². The van der Waals surface area contributed by atoms with Crippen LogP contribution >= 0.6 is 7.82 Å². The molecule has 1 unspecified atom stereocenters. The van der Waals surface area contributed by atoms with Gasteiger partial charge in [0.25, 0.3) is 0 Å². The molecule has 3 rings (SSSR count). The fraction of sp³-hybridized carbons (Fsp3) is 0.564. The highest BCUT2D eigenvalue weighted by Gasteiger charge is 2.34. The number of hydrogen-bond acceptors (Lipinski definition) is 12. The molecular weight excluding hydrogens is 775 g/mol. The number of rotatable bonds is 17. The first-order chi connectivity index (χ1) is 27.3. The molecular formula is C39H59N6O12P. The maximum atomic E-state index is 13.1. The quantitative estimate of drug-likeness (QED) is 0.0758. The molecule has 0 aliphatic carbocycles. The second-order valence-corrected chi connectivity index (χ2v) is 16.0. The number of aryl methyl sites for hydroxylation is 5. The molecule has 0 saturated carbocycles. The Bertz CT molecular complexity index is 1770. The molecule has 1 fully saturated rings. The second-order valence-electron chi connectivity index (χ2n) is 14.6. The smallest absolute Gasteiger partial charge is 0.480 e. The number of benzene rings is 2. The van der Waals surface area contributed by atoms with E-state index in [-0.39, 0.29) is 102 Å². The van der Waals surface area contributed by atoms with Gasteiger partial charge in [-0.3, -0.25) is 43.4 Å². The number of carbonyl (C=O) groups is 5. The molecule has 6 N–H and O–H groups in total. The Labute approximate surface area is 339 Å². The largest absolute Gasteiger partial charge is 0.527 e. The lowest BCUT2D eigenvalue weighted by Gasteiger charge is -2.36. The minimum absolute atomic E-state index is 0.00892. The van der Waals surface area contributed by atoms with Crippen molar-refractivity contribution in [1.29, 1.82) is 0 Å². The van der Waals surface area contributed by atoms with Crippen molar-refractivity contribution >= 4 is 37.5 Å². The van der Waals surface area contributed by atoms with Crippen molar-refractivity contribution in [2.45, 2.75) is 59.5 Å². The molecule has 2 aromatic carbocycles. The summed E-state index contributed by atoms with van der Waals surface area (Å²) in [5.74, 6) is -4.79. The Balaban J connectivity index is 1.77. The normalized spacial score (nSPS) is 17.1. The van der Waals surface area contributed by atoms with Crippen LogP contribution in [0.4, 0.5) is 0 Å². The predicted octanol–water partition coefficient (Wildman–Crippen LogP) is 1.88. The highest BCUT2D eigenvalue weighted by molar-refractivity contribution is 7.47. The number of phosphoric ester groups is 1. The monoisotopic (exact) mass is 834 g/mol. The lowest BCUT2D eigenvalue weighted by molar-refractivity contribution is -0.157. The van der Waals surface area contributed by atoms with Crippen LogP contribution in [0, 0.1) is 34.6 Å². The maximum Gasteiger partial charge on any atom is 0.527 e. The van der Waals surface area contributed by atoms with Crippen LogP contribution in [0.5, 0.6) is 5.75 Å². The van der Waals surface area contributed by atoms with Crippen molar-refractivity contribution in [3.05, 3.63) is 52.1 Å². The molecule has 0 aromatic heterocycles. The minimum atomic E-state index is -4.62. The van der Waals surface area contributed by atoms with Gasteiger partial charge in [0, 0.05) is 66.5 Å². The number of likely N-dealkylation sites (N-methyl/N-ethyl adjacent to an activating group) is 2. The van der Waals surface area contributed by atoms with Crippen LogP contribution in [0.15, 0.2) is 24.3 Å². The van der Waals surface area contributed by atoms with Crippen LogP contribution in [0.25, 0.3) is 11.1 Å². The van der Waals surface area contributed by atoms with Crippen LogP contribution < -0.4 is 15.2 Å². The molecule has 0 bridgehead atoms. The highest BCUT2D eigenvalue weighted by Crippen LogP contribution is 2.46. The average Bonchev–Trinajstić information content (AvgIpc) is 3.12. The molecule has 2 aromatic rings. The number of amides is 2. The molecule has 2 amide bonds. The van der Waals surface area contributed by atoms with Crippen LogP contribution in [-0.2, 0) is 33.1 Å². The zero-order chi connectivity index (χ0) is 43.3. The summed E-state index contributed by atoms with van der Waals surface area (Å²) in [5.41, 5.74) is 6.91. The fourth-order valence-electron chi connectivity index (χ4n) is 7.23. The molecule has 58 heavy (non-hydrogen) atoms. The van der Waals surface area contributed by atoms with Gasteiger partial charge in [-0.05, 0) is 93.0 Å². The molecule has 19 heteroatoms. The van der Waals surface area contributed by atoms with E-state index in [0.717, 1.165) is 33.4 Å². The number of nitrogens with zero attached hydrogens (tertiary/aromatic N) is 4. The Hall–Kier alpha value is -4.42. The average molecular weight is 835 g/mol. The van der Waals surface area contributed by atoms with Crippen molar-refractivity contribution in [1.82, 2.24) is 30.2 Å². The molecule has 2 atom stereocenters. The van der Waals surface area contributed by atoms with Gasteiger partial charge in [0.15, 0.2) is 0 Å². The third kappa shape index (κ3) is 14.1. The Morgan fingerprint density at radius 1 is 0.690 bits per heavy atom. The van der Waals surface area contributed by atoms with Crippen molar-refractivity contribution in [2.24, 2.45) is 0 Å². The van der Waals surface area contributed by atoms with Gasteiger partial charge < -0.3 is 30.5 Å². The zero-order valence-electron chi connectivity index (χ0n) is 34.4. The van der Waals surface area contributed by atoms with E-state index in [1.54, 1.807) is 27.7 Å². The van der Waals surface area contributed by atoms with E-state index < -0.39 is 37.8 Å². The fourth-order valence-corrected chi connectivity index (χ4v) is 8.08. The highest BCUT2D eigenvalue weighted by atomic mass is 31.2. The summed E-state index contributed by atoms with van der Waals surface area (Å²) >= 11 is 0. The zero-order valence-corrected chi connectivity index (χ0v) is 35.3. The number of nitrogens with one attached hydrogen (secondary N) is 2. The number of carbonyl (C=O) groups excluding carboxylic acids is 2. The van der Waals surface area contributed by atoms with Gasteiger partial charge in [-0.15, -0.1) is 0 Å². The van der Waals surface area contributed by atoms with Crippen molar-refractivity contribution < 1.29 is 57.8 Å². The number of carboxylic acids is 3. The maximum absolute atomic E-state index is 13.1. The molecule has 0 spiro atoms. The summed E-state index contributed by atoms with van der Waals surface area (Å²) < 4.78 is 23.9. The molecule has 1 saturated heterocycles. The van der Waals surface area contributed by atoms with Gasteiger partial charge in [0.2, 0.25) is 17.9 Å². The summed E-state index contributed by atoms with van der Waals surface area (Å²) in [4.78, 5) is 78.5. The molecule has 1 aliphatic rings. The van der Waals surface area contributed by atoms with Crippen LogP contribution in [0.1, 0.15) is 40.7 Å².